The van der Waals surface area contributed by atoms with E-state index in [2.05, 4.69) is 20.4 Å². The highest BCUT2D eigenvalue weighted by molar-refractivity contribution is 5.86. The summed E-state index contributed by atoms with van der Waals surface area (Å²) in [7, 11) is 0. The van der Waals surface area contributed by atoms with Gasteiger partial charge in [-0.15, -0.1) is 6.58 Å². The Balaban J connectivity index is 2.94. The van der Waals surface area contributed by atoms with E-state index >= 15 is 0 Å². The number of allylic oxidation sites excluding steroid dienone is 1. The van der Waals surface area contributed by atoms with Crippen molar-refractivity contribution >= 4 is 5.78 Å². The van der Waals surface area contributed by atoms with Crippen LogP contribution in [-0.4, -0.2) is 17.0 Å². The first kappa shape index (κ1) is 10.5. The molecule has 0 amide bonds. The van der Waals surface area contributed by atoms with Gasteiger partial charge in [0.05, 0.1) is 0 Å². The molecule has 1 fully saturated rings. The minimum Gasteiger partial charge on any atom is -0.385 e. The summed E-state index contributed by atoms with van der Waals surface area (Å²) in [4.78, 5) is 11.5. The van der Waals surface area contributed by atoms with E-state index in [1.54, 1.807) is 0 Å². The molecule has 13 heavy (non-hydrogen) atoms. The van der Waals surface area contributed by atoms with Crippen LogP contribution in [0.4, 0.5) is 0 Å². The molecule has 0 spiro atoms. The summed E-state index contributed by atoms with van der Waals surface area (Å²) in [6.45, 7) is 9.78. The van der Waals surface area contributed by atoms with Crippen molar-refractivity contribution in [3.63, 3.8) is 0 Å². The van der Waals surface area contributed by atoms with E-state index < -0.39 is 6.10 Å². The highest BCUT2D eigenvalue weighted by atomic mass is 16.3. The minimum absolute atomic E-state index is 0.0194. The van der Waals surface area contributed by atoms with Crippen LogP contribution in [0.2, 0.25) is 0 Å². The van der Waals surface area contributed by atoms with E-state index in [4.69, 9.17) is 0 Å². The molecule has 0 aliphatic heterocycles. The molecule has 1 aliphatic rings. The predicted molar refractivity (Wildman–Crippen MR) is 52.3 cm³/mol. The van der Waals surface area contributed by atoms with Crippen LogP contribution >= 0.6 is 0 Å². The molecule has 1 N–H and O–H groups in total. The lowest BCUT2D eigenvalue weighted by atomic mass is 9.63. The number of hydrogen-bond acceptors (Lipinski definition) is 2. The average Bonchev–Trinajstić information content (AvgIpc) is 2.00. The molecular weight excluding hydrogens is 164 g/mol. The number of ketones is 1. The Labute approximate surface area is 79.6 Å². The van der Waals surface area contributed by atoms with Crippen molar-refractivity contribution in [2.45, 2.75) is 33.3 Å². The van der Waals surface area contributed by atoms with Gasteiger partial charge in [-0.25, -0.2) is 0 Å². The summed E-state index contributed by atoms with van der Waals surface area (Å²) < 4.78 is 0. The van der Waals surface area contributed by atoms with Gasteiger partial charge in [0.15, 0.2) is 5.78 Å². The quantitative estimate of drug-likeness (QED) is 0.628. The number of rotatable bonds is 1. The van der Waals surface area contributed by atoms with Gasteiger partial charge in [0, 0.05) is 5.92 Å². The smallest absolute Gasteiger partial charge is 0.164 e. The zero-order valence-corrected chi connectivity index (χ0v) is 8.58. The van der Waals surface area contributed by atoms with Crippen LogP contribution in [0.5, 0.6) is 0 Å². The lowest BCUT2D eigenvalue weighted by Crippen LogP contribution is -2.45. The van der Waals surface area contributed by atoms with Crippen molar-refractivity contribution < 1.29 is 9.90 Å². The molecule has 0 heterocycles. The molecule has 3 unspecified atom stereocenters. The summed E-state index contributed by atoms with van der Waals surface area (Å²) in [5.41, 5.74) is -0.0194. The van der Waals surface area contributed by atoms with Gasteiger partial charge in [0.1, 0.15) is 6.10 Å². The van der Waals surface area contributed by atoms with Gasteiger partial charge < -0.3 is 5.11 Å². The van der Waals surface area contributed by atoms with Crippen LogP contribution in [0.25, 0.3) is 0 Å². The second kappa shape index (κ2) is 3.26. The zero-order chi connectivity index (χ0) is 10.2. The lowest BCUT2D eigenvalue weighted by Gasteiger charge is -2.42. The molecule has 1 aliphatic carbocycles. The largest absolute Gasteiger partial charge is 0.385 e. The number of Topliss-reactive ketones (excluding diaryl/α,β-unsaturated/α-hetero) is 1. The fourth-order valence-electron chi connectivity index (χ4n) is 2.42. The maximum absolute atomic E-state index is 11.5. The molecule has 74 valence electrons. The molecule has 0 aromatic heterocycles. The van der Waals surface area contributed by atoms with Gasteiger partial charge in [0.2, 0.25) is 0 Å². The van der Waals surface area contributed by atoms with E-state index in [0.717, 1.165) is 0 Å². The van der Waals surface area contributed by atoms with Crippen LogP contribution in [0.1, 0.15) is 27.2 Å². The van der Waals surface area contributed by atoms with Crippen LogP contribution < -0.4 is 0 Å². The number of aliphatic hydroxyl groups excluding tert-OH is 1. The third-order valence-electron chi connectivity index (χ3n) is 3.19. The van der Waals surface area contributed by atoms with Crippen molar-refractivity contribution in [2.75, 3.05) is 0 Å². The molecule has 0 aromatic rings. The molecule has 1 rings (SSSR count). The molecule has 1 saturated carbocycles. The summed E-state index contributed by atoms with van der Waals surface area (Å²) in [5.74, 6) is 0.0453. The van der Waals surface area contributed by atoms with E-state index in [0.29, 0.717) is 6.42 Å². The highest BCUT2D eigenvalue weighted by Gasteiger charge is 2.43. The first-order valence-electron chi connectivity index (χ1n) is 4.74. The van der Waals surface area contributed by atoms with Crippen molar-refractivity contribution in [2.24, 2.45) is 17.3 Å². The monoisotopic (exact) mass is 182 g/mol. The maximum Gasteiger partial charge on any atom is 0.164 e. The maximum atomic E-state index is 11.5. The van der Waals surface area contributed by atoms with Crippen molar-refractivity contribution in [1.29, 1.82) is 0 Å². The van der Waals surface area contributed by atoms with Crippen LogP contribution in [0.3, 0.4) is 0 Å². The van der Waals surface area contributed by atoms with Crippen molar-refractivity contribution in [3.8, 4) is 0 Å². The molecular formula is C11H18O2. The number of aliphatic hydroxyl groups is 1. The van der Waals surface area contributed by atoms with Gasteiger partial charge in [-0.1, -0.05) is 26.8 Å². The molecule has 2 heteroatoms. The third-order valence-corrected chi connectivity index (χ3v) is 3.19. The number of carbonyl (C=O) groups excluding carboxylic acids is 1. The first-order valence-corrected chi connectivity index (χ1v) is 4.74. The number of carbonyl (C=O) groups is 1. The standard InChI is InChI=1S/C11H18O2/c1-5-8-7(2)10(13)9(12)6-11(8,3)4/h5,7-9,12H,1,6H2,2-4H3. The van der Waals surface area contributed by atoms with Crippen LogP contribution in [0.15, 0.2) is 12.7 Å². The van der Waals surface area contributed by atoms with Crippen LogP contribution in [-0.2, 0) is 4.79 Å². The van der Waals surface area contributed by atoms with Gasteiger partial charge >= 0.3 is 0 Å². The lowest BCUT2D eigenvalue weighted by molar-refractivity contribution is -0.140. The second-order valence-corrected chi connectivity index (χ2v) is 4.66. The molecule has 0 aromatic carbocycles. The molecule has 0 bridgehead atoms. The van der Waals surface area contributed by atoms with Gasteiger partial charge in [-0.3, -0.25) is 4.79 Å². The Morgan fingerprint density at radius 3 is 2.62 bits per heavy atom. The van der Waals surface area contributed by atoms with E-state index in [1.807, 2.05) is 13.0 Å². The predicted octanol–water partition coefficient (Wildman–Crippen LogP) is 1.78. The van der Waals surface area contributed by atoms with Crippen molar-refractivity contribution in [1.82, 2.24) is 0 Å². The highest BCUT2D eigenvalue weighted by Crippen LogP contribution is 2.42. The summed E-state index contributed by atoms with van der Waals surface area (Å²) in [6.07, 6.45) is 1.61. The van der Waals surface area contributed by atoms with Gasteiger partial charge in [-0.2, -0.15) is 0 Å². The van der Waals surface area contributed by atoms with Gasteiger partial charge in [0.25, 0.3) is 0 Å². The molecule has 0 saturated heterocycles. The Morgan fingerprint density at radius 2 is 2.15 bits per heavy atom. The Morgan fingerprint density at radius 1 is 1.62 bits per heavy atom. The second-order valence-electron chi connectivity index (χ2n) is 4.66. The first-order chi connectivity index (χ1) is 5.90. The summed E-state index contributed by atoms with van der Waals surface area (Å²) in [6, 6.07) is 0. The summed E-state index contributed by atoms with van der Waals surface area (Å²) in [5, 5.41) is 9.51. The van der Waals surface area contributed by atoms with E-state index in [-0.39, 0.29) is 23.0 Å². The molecule has 2 nitrogen and oxygen atoms in total. The Hall–Kier alpha value is -0.630. The van der Waals surface area contributed by atoms with Crippen LogP contribution in [0, 0.1) is 17.3 Å². The minimum atomic E-state index is -0.777. The Bertz CT molecular complexity index is 230. The third kappa shape index (κ3) is 1.68. The zero-order valence-electron chi connectivity index (χ0n) is 8.58. The SMILES string of the molecule is C=CC1C(C)C(=O)C(O)CC1(C)C. The summed E-state index contributed by atoms with van der Waals surface area (Å²) >= 11 is 0. The average molecular weight is 182 g/mol. The molecule has 0 radical (unpaired) electrons. The van der Waals surface area contributed by atoms with Crippen molar-refractivity contribution in [3.05, 3.63) is 12.7 Å². The normalized spacial score (nSPS) is 38.8. The molecule has 3 atom stereocenters. The number of hydrogen-bond donors (Lipinski definition) is 1. The van der Waals surface area contributed by atoms with E-state index in [1.165, 1.54) is 0 Å². The van der Waals surface area contributed by atoms with Gasteiger partial charge in [-0.05, 0) is 17.8 Å². The fraction of sp³-hybridized carbons (Fsp3) is 0.727. The Kier molecular flexibility index (Phi) is 2.62. The topological polar surface area (TPSA) is 37.3 Å². The fourth-order valence-corrected chi connectivity index (χ4v) is 2.42. The van der Waals surface area contributed by atoms with E-state index in [9.17, 15) is 9.90 Å².